The minimum atomic E-state index is -3.93. The zero-order valence-electron chi connectivity index (χ0n) is 15.7. The van der Waals surface area contributed by atoms with E-state index in [4.69, 9.17) is 5.73 Å². The van der Waals surface area contributed by atoms with Crippen molar-refractivity contribution in [2.45, 2.75) is 4.90 Å². The number of nitrogen functional groups attached to an aromatic ring is 1. The SMILES string of the molecule is Nc1ccc(S(=O)(=O)Nc2nc(-c3ccccc3)cc(-c3ccccc3O)n2)cc1. The van der Waals surface area contributed by atoms with Crippen molar-refractivity contribution < 1.29 is 13.5 Å². The molecule has 0 radical (unpaired) electrons. The smallest absolute Gasteiger partial charge is 0.264 e. The molecule has 0 atom stereocenters. The Labute approximate surface area is 173 Å². The fraction of sp³-hybridized carbons (Fsp3) is 0. The second-order valence-electron chi connectivity index (χ2n) is 6.52. The van der Waals surface area contributed by atoms with Crippen LogP contribution in [0.1, 0.15) is 0 Å². The number of nitrogens with zero attached hydrogens (tertiary/aromatic N) is 2. The zero-order chi connectivity index (χ0) is 21.1. The number of hydrogen-bond donors (Lipinski definition) is 3. The summed E-state index contributed by atoms with van der Waals surface area (Å²) in [5, 5.41) is 10.2. The van der Waals surface area contributed by atoms with Gasteiger partial charge < -0.3 is 10.8 Å². The van der Waals surface area contributed by atoms with Crippen LogP contribution >= 0.6 is 0 Å². The molecular formula is C22H18N4O3S. The summed E-state index contributed by atoms with van der Waals surface area (Å²) in [6.45, 7) is 0. The van der Waals surface area contributed by atoms with Crippen LogP contribution in [-0.4, -0.2) is 23.5 Å². The predicted octanol–water partition coefficient (Wildman–Crippen LogP) is 3.90. The van der Waals surface area contributed by atoms with Crippen molar-refractivity contribution in [3.05, 3.63) is 84.9 Å². The first kappa shape index (κ1) is 19.4. The summed E-state index contributed by atoms with van der Waals surface area (Å²) in [6, 6.07) is 23.5. The quantitative estimate of drug-likeness (QED) is 0.423. The van der Waals surface area contributed by atoms with Gasteiger partial charge >= 0.3 is 0 Å². The molecule has 1 heterocycles. The van der Waals surface area contributed by atoms with Gasteiger partial charge in [0, 0.05) is 16.8 Å². The van der Waals surface area contributed by atoms with Crippen molar-refractivity contribution >= 4 is 21.7 Å². The molecule has 0 aliphatic rings. The molecule has 1 aromatic heterocycles. The third-order valence-electron chi connectivity index (χ3n) is 4.39. The van der Waals surface area contributed by atoms with Crippen LogP contribution in [0.2, 0.25) is 0 Å². The molecular weight excluding hydrogens is 400 g/mol. The number of anilines is 2. The lowest BCUT2D eigenvalue weighted by atomic mass is 10.1. The molecule has 0 aliphatic carbocycles. The van der Waals surface area contributed by atoms with Crippen molar-refractivity contribution in [3.8, 4) is 28.3 Å². The van der Waals surface area contributed by atoms with Crippen molar-refractivity contribution in [2.75, 3.05) is 10.5 Å². The fourth-order valence-electron chi connectivity index (χ4n) is 2.90. The molecule has 4 rings (SSSR count). The lowest BCUT2D eigenvalue weighted by Crippen LogP contribution is -2.15. The van der Waals surface area contributed by atoms with Crippen molar-refractivity contribution in [1.82, 2.24) is 9.97 Å². The van der Waals surface area contributed by atoms with E-state index in [1.165, 1.54) is 30.3 Å². The van der Waals surface area contributed by atoms with Crippen molar-refractivity contribution in [2.24, 2.45) is 0 Å². The topological polar surface area (TPSA) is 118 Å². The van der Waals surface area contributed by atoms with E-state index < -0.39 is 10.0 Å². The number of aromatic nitrogens is 2. The molecule has 7 nitrogen and oxygen atoms in total. The molecule has 3 aromatic carbocycles. The minimum absolute atomic E-state index is 0.0301. The van der Waals surface area contributed by atoms with Gasteiger partial charge in [0.15, 0.2) is 0 Å². The van der Waals surface area contributed by atoms with Crippen molar-refractivity contribution in [1.29, 1.82) is 0 Å². The van der Waals surface area contributed by atoms with Crippen LogP contribution in [0.25, 0.3) is 22.5 Å². The summed E-state index contributed by atoms with van der Waals surface area (Å²) >= 11 is 0. The van der Waals surface area contributed by atoms with Gasteiger partial charge in [0.05, 0.1) is 16.3 Å². The third-order valence-corrected chi connectivity index (χ3v) is 5.74. The summed E-state index contributed by atoms with van der Waals surface area (Å²) in [4.78, 5) is 8.75. The first-order valence-electron chi connectivity index (χ1n) is 9.04. The molecule has 4 aromatic rings. The lowest BCUT2D eigenvalue weighted by Gasteiger charge is -2.12. The highest BCUT2D eigenvalue weighted by molar-refractivity contribution is 7.92. The molecule has 8 heteroatoms. The number of benzene rings is 3. The van der Waals surface area contributed by atoms with E-state index in [-0.39, 0.29) is 16.6 Å². The van der Waals surface area contributed by atoms with E-state index in [0.717, 1.165) is 5.56 Å². The number of rotatable bonds is 5. The Balaban J connectivity index is 1.82. The number of aromatic hydroxyl groups is 1. The predicted molar refractivity (Wildman–Crippen MR) is 116 cm³/mol. The molecule has 30 heavy (non-hydrogen) atoms. The average molecular weight is 418 g/mol. The number of nitrogens with two attached hydrogens (primary N) is 1. The van der Waals surface area contributed by atoms with E-state index >= 15 is 0 Å². The van der Waals surface area contributed by atoms with Gasteiger partial charge in [0.1, 0.15) is 5.75 Å². The highest BCUT2D eigenvalue weighted by Gasteiger charge is 2.18. The second kappa shape index (κ2) is 7.84. The Morgan fingerprint density at radius 2 is 1.43 bits per heavy atom. The van der Waals surface area contributed by atoms with Crippen LogP contribution in [-0.2, 0) is 10.0 Å². The molecule has 0 bridgehead atoms. The number of phenols is 1. The standard InChI is InChI=1S/C22H18N4O3S/c23-16-10-12-17(13-11-16)30(28,29)26-22-24-19(15-6-2-1-3-7-15)14-20(25-22)18-8-4-5-9-21(18)27/h1-14,27H,23H2,(H,24,25,26). The zero-order valence-corrected chi connectivity index (χ0v) is 16.5. The van der Waals surface area contributed by atoms with Gasteiger partial charge in [-0.3, -0.25) is 0 Å². The largest absolute Gasteiger partial charge is 0.507 e. The molecule has 0 fully saturated rings. The van der Waals surface area contributed by atoms with Crippen LogP contribution in [0.4, 0.5) is 11.6 Å². The molecule has 150 valence electrons. The summed E-state index contributed by atoms with van der Waals surface area (Å²) in [6.07, 6.45) is 0. The number of sulfonamides is 1. The third kappa shape index (κ3) is 4.08. The van der Waals surface area contributed by atoms with E-state index in [2.05, 4.69) is 14.7 Å². The summed E-state index contributed by atoms with van der Waals surface area (Å²) < 4.78 is 28.0. The van der Waals surface area contributed by atoms with Gasteiger partial charge in [0.25, 0.3) is 10.0 Å². The summed E-state index contributed by atoms with van der Waals surface area (Å²) in [5.41, 5.74) is 8.24. The van der Waals surface area contributed by atoms with E-state index in [1.807, 2.05) is 30.3 Å². The van der Waals surface area contributed by atoms with Crippen LogP contribution in [0.3, 0.4) is 0 Å². The normalized spacial score (nSPS) is 11.2. The Morgan fingerprint density at radius 1 is 0.800 bits per heavy atom. The van der Waals surface area contributed by atoms with Gasteiger partial charge in [0.2, 0.25) is 5.95 Å². The maximum Gasteiger partial charge on any atom is 0.264 e. The summed E-state index contributed by atoms with van der Waals surface area (Å²) in [5.74, 6) is -0.0750. The first-order chi connectivity index (χ1) is 14.4. The van der Waals surface area contributed by atoms with Crippen LogP contribution in [0.5, 0.6) is 5.75 Å². The number of hydrogen-bond acceptors (Lipinski definition) is 6. The Bertz CT molecular complexity index is 1290. The van der Waals surface area contributed by atoms with Crippen LogP contribution < -0.4 is 10.5 Å². The van der Waals surface area contributed by atoms with Crippen LogP contribution in [0, 0.1) is 0 Å². The lowest BCUT2D eigenvalue weighted by molar-refractivity contribution is 0.477. The molecule has 4 N–H and O–H groups in total. The fourth-order valence-corrected chi connectivity index (χ4v) is 3.85. The Kier molecular flexibility index (Phi) is 5.07. The minimum Gasteiger partial charge on any atom is -0.507 e. The molecule has 0 saturated heterocycles. The Hall–Kier alpha value is -3.91. The number of phenolic OH excluding ortho intramolecular Hbond substituents is 1. The van der Waals surface area contributed by atoms with E-state index in [0.29, 0.717) is 22.6 Å². The second-order valence-corrected chi connectivity index (χ2v) is 8.20. The highest BCUT2D eigenvalue weighted by atomic mass is 32.2. The maximum absolute atomic E-state index is 12.8. The molecule has 0 unspecified atom stereocenters. The van der Waals surface area contributed by atoms with E-state index in [9.17, 15) is 13.5 Å². The van der Waals surface area contributed by atoms with Gasteiger partial charge in [-0.05, 0) is 42.5 Å². The van der Waals surface area contributed by atoms with E-state index in [1.54, 1.807) is 24.3 Å². The monoisotopic (exact) mass is 418 g/mol. The molecule has 0 amide bonds. The van der Waals surface area contributed by atoms with Gasteiger partial charge in [-0.25, -0.2) is 23.1 Å². The highest BCUT2D eigenvalue weighted by Crippen LogP contribution is 2.31. The van der Waals surface area contributed by atoms with Gasteiger partial charge in [-0.1, -0.05) is 42.5 Å². The molecule has 0 saturated carbocycles. The number of para-hydroxylation sites is 1. The average Bonchev–Trinajstić information content (AvgIpc) is 2.74. The van der Waals surface area contributed by atoms with Gasteiger partial charge in [-0.2, -0.15) is 0 Å². The maximum atomic E-state index is 12.8. The Morgan fingerprint density at radius 3 is 2.13 bits per heavy atom. The summed E-state index contributed by atoms with van der Waals surface area (Å²) in [7, 11) is -3.93. The molecule has 0 aliphatic heterocycles. The van der Waals surface area contributed by atoms with Gasteiger partial charge in [-0.15, -0.1) is 0 Å². The molecule has 0 spiro atoms. The number of nitrogens with one attached hydrogen (secondary N) is 1. The first-order valence-corrected chi connectivity index (χ1v) is 10.5. The van der Waals surface area contributed by atoms with Crippen LogP contribution in [0.15, 0.2) is 89.8 Å². The van der Waals surface area contributed by atoms with Crippen molar-refractivity contribution in [3.63, 3.8) is 0 Å².